The van der Waals surface area contributed by atoms with E-state index in [1.165, 1.54) is 12.1 Å². The molecule has 0 aliphatic heterocycles. The fourth-order valence-corrected chi connectivity index (χ4v) is 1.21. The summed E-state index contributed by atoms with van der Waals surface area (Å²) in [6.45, 7) is 1.92. The van der Waals surface area contributed by atoms with E-state index in [0.717, 1.165) is 18.9 Å². The smallest absolute Gasteiger partial charge is 0.133 e. The molecule has 0 radical (unpaired) electrons. The number of nitrogens with two attached hydrogens (primary N) is 1. The highest BCUT2D eigenvalue weighted by Gasteiger charge is 1.99. The Morgan fingerprint density at radius 2 is 2.13 bits per heavy atom. The molecule has 0 aliphatic carbocycles. The van der Waals surface area contributed by atoms with Crippen LogP contribution in [0, 0.1) is 11.6 Å². The molecule has 1 aromatic carbocycles. The van der Waals surface area contributed by atoms with Crippen molar-refractivity contribution in [3.63, 3.8) is 0 Å². The maximum atomic E-state index is 13.1. The van der Waals surface area contributed by atoms with Crippen molar-refractivity contribution in [3.05, 3.63) is 41.5 Å². The van der Waals surface area contributed by atoms with E-state index in [9.17, 15) is 8.78 Å². The molecule has 2 N–H and O–H groups in total. The van der Waals surface area contributed by atoms with Gasteiger partial charge in [0.25, 0.3) is 0 Å². The Morgan fingerprint density at radius 3 is 2.73 bits per heavy atom. The minimum Gasteiger partial charge on any atom is -0.328 e. The van der Waals surface area contributed by atoms with Gasteiger partial charge >= 0.3 is 0 Å². The third-order valence-electron chi connectivity index (χ3n) is 2.05. The van der Waals surface area contributed by atoms with Gasteiger partial charge in [-0.25, -0.2) is 8.78 Å². The molecular formula is C12H15F2N. The van der Waals surface area contributed by atoms with Crippen LogP contribution in [0.4, 0.5) is 8.78 Å². The summed E-state index contributed by atoms with van der Waals surface area (Å²) in [7, 11) is 0. The van der Waals surface area contributed by atoms with Crippen molar-refractivity contribution in [1.82, 2.24) is 0 Å². The summed E-state index contributed by atoms with van der Waals surface area (Å²) < 4.78 is 25.7. The summed E-state index contributed by atoms with van der Waals surface area (Å²) in [4.78, 5) is 0. The Balaban J connectivity index is 2.57. The van der Waals surface area contributed by atoms with Gasteiger partial charge in [-0.15, -0.1) is 0 Å². The molecule has 1 aromatic rings. The molecule has 1 atom stereocenters. The minimum atomic E-state index is -0.555. The maximum absolute atomic E-state index is 13.1. The zero-order valence-corrected chi connectivity index (χ0v) is 8.71. The summed E-state index contributed by atoms with van der Waals surface area (Å²) in [5.74, 6) is -1.09. The van der Waals surface area contributed by atoms with E-state index in [4.69, 9.17) is 5.73 Å². The third-order valence-corrected chi connectivity index (χ3v) is 2.05. The molecule has 0 saturated heterocycles. The van der Waals surface area contributed by atoms with Crippen LogP contribution in [0.3, 0.4) is 0 Å². The van der Waals surface area contributed by atoms with Crippen molar-refractivity contribution in [1.29, 1.82) is 0 Å². The molecule has 0 aliphatic rings. The van der Waals surface area contributed by atoms with Crippen molar-refractivity contribution in [3.8, 4) is 0 Å². The van der Waals surface area contributed by atoms with Crippen molar-refractivity contribution in [2.75, 3.05) is 0 Å². The molecule has 0 saturated carbocycles. The van der Waals surface area contributed by atoms with Crippen LogP contribution in [0.2, 0.25) is 0 Å². The maximum Gasteiger partial charge on any atom is 0.133 e. The van der Waals surface area contributed by atoms with Gasteiger partial charge in [-0.3, -0.25) is 0 Å². The zero-order valence-electron chi connectivity index (χ0n) is 8.71. The van der Waals surface area contributed by atoms with Crippen LogP contribution in [0.15, 0.2) is 24.3 Å². The second kappa shape index (κ2) is 5.61. The minimum absolute atomic E-state index is 0.146. The summed E-state index contributed by atoms with van der Waals surface area (Å²) in [6.07, 6.45) is 5.16. The Morgan fingerprint density at radius 1 is 1.40 bits per heavy atom. The molecule has 15 heavy (non-hydrogen) atoms. The van der Waals surface area contributed by atoms with Gasteiger partial charge in [0.05, 0.1) is 0 Å². The topological polar surface area (TPSA) is 26.0 Å². The molecule has 1 nitrogen and oxygen atoms in total. The van der Waals surface area contributed by atoms with Gasteiger partial charge in [-0.1, -0.05) is 12.2 Å². The molecule has 82 valence electrons. The van der Waals surface area contributed by atoms with Crippen molar-refractivity contribution >= 4 is 6.08 Å². The van der Waals surface area contributed by atoms with Crippen molar-refractivity contribution < 1.29 is 8.78 Å². The highest BCUT2D eigenvalue weighted by Crippen LogP contribution is 2.11. The first-order valence-electron chi connectivity index (χ1n) is 4.97. The summed E-state index contributed by atoms with van der Waals surface area (Å²) in [5, 5.41) is 0. The van der Waals surface area contributed by atoms with E-state index in [1.54, 1.807) is 6.08 Å². The number of rotatable bonds is 4. The molecule has 1 unspecified atom stereocenters. The highest BCUT2D eigenvalue weighted by atomic mass is 19.1. The quantitative estimate of drug-likeness (QED) is 0.813. The lowest BCUT2D eigenvalue weighted by Gasteiger charge is -2.00. The normalized spacial score (nSPS) is 13.3. The van der Waals surface area contributed by atoms with E-state index in [0.29, 0.717) is 5.56 Å². The summed E-state index contributed by atoms with van der Waals surface area (Å²) >= 11 is 0. The number of hydrogen-bond acceptors (Lipinski definition) is 1. The van der Waals surface area contributed by atoms with Gasteiger partial charge < -0.3 is 5.73 Å². The summed E-state index contributed by atoms with van der Waals surface area (Å²) in [6, 6.07) is 3.69. The first kappa shape index (κ1) is 11.9. The SMILES string of the molecule is CC(N)CC/C=C/c1ccc(F)cc1F. The fourth-order valence-electron chi connectivity index (χ4n) is 1.21. The molecule has 0 fully saturated rings. The predicted octanol–water partition coefficient (Wildman–Crippen LogP) is 3.11. The second-order valence-corrected chi connectivity index (χ2v) is 3.62. The lowest BCUT2D eigenvalue weighted by Crippen LogP contribution is -2.13. The van der Waals surface area contributed by atoms with Gasteiger partial charge in [0.1, 0.15) is 11.6 Å². The Kier molecular flexibility index (Phi) is 4.43. The predicted molar refractivity (Wildman–Crippen MR) is 58.3 cm³/mol. The van der Waals surface area contributed by atoms with Crippen molar-refractivity contribution in [2.45, 2.75) is 25.8 Å². The third kappa shape index (κ3) is 4.21. The number of hydrogen-bond donors (Lipinski definition) is 1. The van der Waals surface area contributed by atoms with E-state index in [1.807, 2.05) is 13.0 Å². The van der Waals surface area contributed by atoms with Crippen LogP contribution in [0.25, 0.3) is 6.08 Å². The Labute approximate surface area is 88.6 Å². The first-order chi connectivity index (χ1) is 7.09. The van der Waals surface area contributed by atoms with E-state index < -0.39 is 11.6 Å². The van der Waals surface area contributed by atoms with Crippen LogP contribution in [-0.2, 0) is 0 Å². The molecular weight excluding hydrogens is 196 g/mol. The largest absolute Gasteiger partial charge is 0.328 e. The summed E-state index contributed by atoms with van der Waals surface area (Å²) in [5.41, 5.74) is 5.97. The van der Waals surface area contributed by atoms with Gasteiger partial charge in [0.15, 0.2) is 0 Å². The second-order valence-electron chi connectivity index (χ2n) is 3.62. The molecule has 0 spiro atoms. The Hall–Kier alpha value is -1.22. The van der Waals surface area contributed by atoms with Crippen LogP contribution < -0.4 is 5.73 Å². The van der Waals surface area contributed by atoms with E-state index in [2.05, 4.69) is 0 Å². The van der Waals surface area contributed by atoms with Crippen LogP contribution in [0.1, 0.15) is 25.3 Å². The van der Waals surface area contributed by atoms with Gasteiger partial charge in [0.2, 0.25) is 0 Å². The Bertz CT molecular complexity index is 345. The number of halogens is 2. The molecule has 1 rings (SSSR count). The lowest BCUT2D eigenvalue weighted by atomic mass is 10.1. The molecule has 0 amide bonds. The average molecular weight is 211 g/mol. The standard InChI is InChI=1S/C12H15F2N/c1-9(15)4-2-3-5-10-6-7-11(13)8-12(10)14/h3,5-9H,2,4,15H2,1H3/b5-3+. The first-order valence-corrected chi connectivity index (χ1v) is 4.97. The lowest BCUT2D eigenvalue weighted by molar-refractivity contribution is 0.581. The zero-order chi connectivity index (χ0) is 11.3. The highest BCUT2D eigenvalue weighted by molar-refractivity contribution is 5.49. The number of benzene rings is 1. The van der Waals surface area contributed by atoms with Gasteiger partial charge in [0, 0.05) is 17.7 Å². The van der Waals surface area contributed by atoms with Crippen molar-refractivity contribution in [2.24, 2.45) is 5.73 Å². The van der Waals surface area contributed by atoms with Gasteiger partial charge in [-0.2, -0.15) is 0 Å². The molecule has 0 heterocycles. The monoisotopic (exact) mass is 211 g/mol. The van der Waals surface area contributed by atoms with E-state index in [-0.39, 0.29) is 6.04 Å². The fraction of sp³-hybridized carbons (Fsp3) is 0.333. The van der Waals surface area contributed by atoms with Crippen LogP contribution in [0.5, 0.6) is 0 Å². The number of allylic oxidation sites excluding steroid dienone is 1. The van der Waals surface area contributed by atoms with Crippen LogP contribution in [-0.4, -0.2) is 6.04 Å². The van der Waals surface area contributed by atoms with Crippen LogP contribution >= 0.6 is 0 Å². The molecule has 3 heteroatoms. The molecule has 0 aromatic heterocycles. The van der Waals surface area contributed by atoms with Gasteiger partial charge in [-0.05, 0) is 31.9 Å². The molecule has 0 bridgehead atoms. The van der Waals surface area contributed by atoms with E-state index >= 15 is 0 Å². The average Bonchev–Trinajstić information content (AvgIpc) is 2.14.